The highest BCUT2D eigenvalue weighted by atomic mass is 16.2. The lowest BCUT2D eigenvalue weighted by atomic mass is 9.77. The van der Waals surface area contributed by atoms with Crippen molar-refractivity contribution in [1.29, 1.82) is 0 Å². The summed E-state index contributed by atoms with van der Waals surface area (Å²) in [5, 5.41) is 1.15. The van der Waals surface area contributed by atoms with Crippen molar-refractivity contribution in [2.24, 2.45) is 5.92 Å². The monoisotopic (exact) mass is 457 g/mol. The zero-order valence-electron chi connectivity index (χ0n) is 20.7. The normalized spacial score (nSPS) is 21.6. The van der Waals surface area contributed by atoms with Crippen molar-refractivity contribution in [1.82, 2.24) is 9.88 Å². The molecule has 0 bridgehead atoms. The molecule has 5 nitrogen and oxygen atoms in total. The van der Waals surface area contributed by atoms with E-state index in [4.69, 9.17) is 0 Å². The summed E-state index contributed by atoms with van der Waals surface area (Å²) in [6.45, 7) is 9.07. The van der Waals surface area contributed by atoms with Crippen molar-refractivity contribution in [2.75, 3.05) is 11.4 Å². The number of hydrogen-bond acceptors (Lipinski definition) is 2. The molecule has 1 N–H and O–H groups in total. The first-order valence-corrected chi connectivity index (χ1v) is 12.7. The summed E-state index contributed by atoms with van der Waals surface area (Å²) in [7, 11) is 0. The number of unbranched alkanes of at least 4 members (excludes halogenated alkanes) is 2. The van der Waals surface area contributed by atoms with Gasteiger partial charge >= 0.3 is 0 Å². The van der Waals surface area contributed by atoms with Crippen molar-refractivity contribution in [3.8, 4) is 0 Å². The fourth-order valence-electron chi connectivity index (χ4n) is 6.09. The zero-order chi connectivity index (χ0) is 24.0. The van der Waals surface area contributed by atoms with E-state index in [1.807, 2.05) is 40.1 Å². The molecule has 0 radical (unpaired) electrons. The van der Waals surface area contributed by atoms with E-state index in [9.17, 15) is 9.59 Å². The van der Waals surface area contributed by atoms with Gasteiger partial charge in [0.2, 0.25) is 5.91 Å². The van der Waals surface area contributed by atoms with Gasteiger partial charge in [-0.25, -0.2) is 0 Å². The molecule has 2 aromatic carbocycles. The molecular weight excluding hydrogens is 422 g/mol. The number of aromatic amines is 1. The van der Waals surface area contributed by atoms with Gasteiger partial charge in [-0.05, 0) is 43.4 Å². The van der Waals surface area contributed by atoms with Crippen molar-refractivity contribution >= 4 is 28.4 Å². The summed E-state index contributed by atoms with van der Waals surface area (Å²) in [4.78, 5) is 36.0. The van der Waals surface area contributed by atoms with Crippen LogP contribution in [-0.2, 0) is 21.5 Å². The van der Waals surface area contributed by atoms with Gasteiger partial charge in [0.1, 0.15) is 0 Å². The predicted molar refractivity (Wildman–Crippen MR) is 137 cm³/mol. The molecule has 0 saturated heterocycles. The quantitative estimate of drug-likeness (QED) is 0.478. The Balaban J connectivity index is 1.79. The number of para-hydroxylation sites is 2. The molecule has 5 rings (SSSR count). The molecule has 178 valence electrons. The number of H-pyrrole nitrogens is 1. The second-order valence-electron chi connectivity index (χ2n) is 10.3. The van der Waals surface area contributed by atoms with E-state index in [1.165, 1.54) is 0 Å². The second-order valence-corrected chi connectivity index (χ2v) is 10.3. The van der Waals surface area contributed by atoms with Crippen LogP contribution in [-0.4, -0.2) is 34.3 Å². The molecule has 1 aromatic heterocycles. The molecule has 3 aromatic rings. The average molecular weight is 458 g/mol. The molecule has 2 atom stereocenters. The summed E-state index contributed by atoms with van der Waals surface area (Å²) in [5.74, 6) is 0.264. The van der Waals surface area contributed by atoms with Gasteiger partial charge in [0.15, 0.2) is 5.54 Å². The van der Waals surface area contributed by atoms with Gasteiger partial charge < -0.3 is 14.8 Å². The van der Waals surface area contributed by atoms with Gasteiger partial charge in [0, 0.05) is 35.5 Å². The first-order valence-electron chi connectivity index (χ1n) is 12.7. The van der Waals surface area contributed by atoms with Crippen LogP contribution >= 0.6 is 0 Å². The number of nitrogens with one attached hydrogen (secondary N) is 1. The highest BCUT2D eigenvalue weighted by Gasteiger charge is 2.61. The first-order chi connectivity index (χ1) is 16.4. The molecule has 1 spiro atoms. The summed E-state index contributed by atoms with van der Waals surface area (Å²) >= 11 is 0. The molecule has 0 unspecified atom stereocenters. The minimum Gasteiger partial charge on any atom is -0.355 e. The maximum absolute atomic E-state index is 14.6. The third-order valence-electron chi connectivity index (χ3n) is 7.45. The number of carbonyl (C=O) groups is 2. The van der Waals surface area contributed by atoms with Crippen LogP contribution in [0.15, 0.2) is 48.5 Å². The Kier molecular flexibility index (Phi) is 5.75. The average Bonchev–Trinajstić information content (AvgIpc) is 3.29. The number of nitrogens with zero attached hydrogens (tertiary/aromatic N) is 2. The van der Waals surface area contributed by atoms with E-state index in [2.05, 4.69) is 50.9 Å². The summed E-state index contributed by atoms with van der Waals surface area (Å²) in [6, 6.07) is 16.3. The van der Waals surface area contributed by atoms with Crippen molar-refractivity contribution < 1.29 is 9.59 Å². The summed E-state index contributed by atoms with van der Waals surface area (Å²) in [5.41, 5.74) is 3.76. The molecule has 2 aliphatic rings. The SMILES string of the molecule is CCCCCN1C(=O)[C@@]2(c3ccccc31)c1[nH]c3ccccc3c1C[C@@H](C)N2C(=O)CC(C)C. The number of amides is 2. The van der Waals surface area contributed by atoms with Gasteiger partial charge in [-0.15, -0.1) is 0 Å². The molecule has 0 fully saturated rings. The third-order valence-corrected chi connectivity index (χ3v) is 7.45. The van der Waals surface area contributed by atoms with E-state index < -0.39 is 5.54 Å². The Bertz CT molecular complexity index is 1240. The summed E-state index contributed by atoms with van der Waals surface area (Å²) < 4.78 is 0. The van der Waals surface area contributed by atoms with Crippen LogP contribution in [0.2, 0.25) is 0 Å². The van der Waals surface area contributed by atoms with E-state index in [0.717, 1.165) is 59.1 Å². The molecule has 0 saturated carbocycles. The van der Waals surface area contributed by atoms with Gasteiger partial charge in [-0.2, -0.15) is 0 Å². The lowest BCUT2D eigenvalue weighted by Gasteiger charge is -2.47. The highest BCUT2D eigenvalue weighted by Crippen LogP contribution is 2.53. The van der Waals surface area contributed by atoms with Gasteiger partial charge in [0.25, 0.3) is 5.91 Å². The van der Waals surface area contributed by atoms with E-state index in [-0.39, 0.29) is 23.8 Å². The van der Waals surface area contributed by atoms with E-state index in [1.54, 1.807) is 0 Å². The Morgan fingerprint density at radius 1 is 1.12 bits per heavy atom. The van der Waals surface area contributed by atoms with Crippen LogP contribution < -0.4 is 4.90 Å². The number of hydrogen-bond donors (Lipinski definition) is 1. The minimum absolute atomic E-state index is 0.00117. The zero-order valence-corrected chi connectivity index (χ0v) is 20.7. The number of fused-ring (bicyclic) bond motifs is 6. The second kappa shape index (κ2) is 8.61. The third kappa shape index (κ3) is 3.20. The van der Waals surface area contributed by atoms with Crippen LogP contribution in [0.25, 0.3) is 10.9 Å². The van der Waals surface area contributed by atoms with Crippen molar-refractivity contribution in [3.05, 3.63) is 65.4 Å². The molecule has 2 amide bonds. The van der Waals surface area contributed by atoms with Crippen molar-refractivity contribution in [2.45, 2.75) is 71.4 Å². The molecule has 5 heteroatoms. The molecular formula is C29H35N3O2. The topological polar surface area (TPSA) is 56.4 Å². The Labute approximate surface area is 202 Å². The lowest BCUT2D eigenvalue weighted by molar-refractivity contribution is -0.148. The first kappa shape index (κ1) is 22.7. The van der Waals surface area contributed by atoms with Gasteiger partial charge in [-0.3, -0.25) is 9.59 Å². The predicted octanol–water partition coefficient (Wildman–Crippen LogP) is 5.77. The maximum Gasteiger partial charge on any atom is 0.264 e. The van der Waals surface area contributed by atoms with Gasteiger partial charge in [0.05, 0.1) is 11.4 Å². The fourth-order valence-corrected chi connectivity index (χ4v) is 6.09. The Morgan fingerprint density at radius 3 is 2.62 bits per heavy atom. The van der Waals surface area contributed by atoms with E-state index in [0.29, 0.717) is 13.0 Å². The largest absolute Gasteiger partial charge is 0.355 e. The Hall–Kier alpha value is -3.08. The number of rotatable bonds is 6. The van der Waals surface area contributed by atoms with Crippen molar-refractivity contribution in [3.63, 3.8) is 0 Å². The van der Waals surface area contributed by atoms with Gasteiger partial charge in [-0.1, -0.05) is 70.0 Å². The number of anilines is 1. The molecule has 34 heavy (non-hydrogen) atoms. The smallest absolute Gasteiger partial charge is 0.264 e. The molecule has 0 aliphatic carbocycles. The maximum atomic E-state index is 14.6. The lowest BCUT2D eigenvalue weighted by Crippen LogP contribution is -2.62. The summed E-state index contributed by atoms with van der Waals surface area (Å²) in [6.07, 6.45) is 4.27. The van der Waals surface area contributed by atoms with Crippen LogP contribution in [0.3, 0.4) is 0 Å². The number of aromatic nitrogens is 1. The van der Waals surface area contributed by atoms with Crippen LogP contribution in [0.5, 0.6) is 0 Å². The van der Waals surface area contributed by atoms with Crippen LogP contribution in [0.1, 0.15) is 70.2 Å². The van der Waals surface area contributed by atoms with Crippen LogP contribution in [0.4, 0.5) is 5.69 Å². The molecule has 3 heterocycles. The van der Waals surface area contributed by atoms with Crippen LogP contribution in [0, 0.1) is 5.92 Å². The molecule has 2 aliphatic heterocycles. The number of benzene rings is 2. The minimum atomic E-state index is -1.15. The number of carbonyl (C=O) groups excluding carboxylic acids is 2. The highest BCUT2D eigenvalue weighted by molar-refractivity contribution is 6.12. The standard InChI is InChI=1S/C29H35N3O2/c1-5-6-11-16-31-25-15-10-8-13-23(25)29(28(31)34)27-22(21-12-7-9-14-24(21)30-27)18-20(4)32(29)26(33)17-19(2)3/h7-10,12-15,19-20,30H,5-6,11,16-18H2,1-4H3/t20-,29-/m1/s1. The van der Waals surface area contributed by atoms with E-state index >= 15 is 0 Å². The Morgan fingerprint density at radius 2 is 1.85 bits per heavy atom. The fraction of sp³-hybridized carbons (Fsp3) is 0.448.